The standard InChI is InChI=1S/C26H27F5O2/c1-2-3-4-5-16-6-8-17(9-7-16)10-11-18-12-20(27)24(21(28)13-18)26(32)33-19-14-22(29)25(31)23(30)15-19/h10-17H,2-9H2,1H3. The molecule has 1 aliphatic carbocycles. The molecule has 0 amide bonds. The minimum absolute atomic E-state index is 0.255. The Balaban J connectivity index is 1.62. The lowest BCUT2D eigenvalue weighted by Gasteiger charge is -2.26. The van der Waals surface area contributed by atoms with E-state index in [1.807, 2.05) is 6.08 Å². The second-order valence-electron chi connectivity index (χ2n) is 8.59. The molecule has 2 aromatic carbocycles. The number of carbonyl (C=O) groups is 1. The zero-order chi connectivity index (χ0) is 24.0. The molecule has 0 radical (unpaired) electrons. The number of hydrogen-bond donors (Lipinski definition) is 0. The molecule has 1 aliphatic rings. The van der Waals surface area contributed by atoms with Crippen LogP contribution in [0.2, 0.25) is 0 Å². The number of halogens is 5. The smallest absolute Gasteiger partial charge is 0.349 e. The van der Waals surface area contributed by atoms with Crippen LogP contribution in [0.1, 0.15) is 74.2 Å². The van der Waals surface area contributed by atoms with Crippen molar-refractivity contribution < 1.29 is 31.5 Å². The average Bonchev–Trinajstić information content (AvgIpc) is 2.76. The van der Waals surface area contributed by atoms with E-state index in [-0.39, 0.29) is 5.56 Å². The van der Waals surface area contributed by atoms with Crippen molar-refractivity contribution in [2.45, 2.75) is 58.3 Å². The molecular formula is C26H27F5O2. The number of esters is 1. The lowest BCUT2D eigenvalue weighted by molar-refractivity contribution is 0.0723. The van der Waals surface area contributed by atoms with E-state index in [0.717, 1.165) is 43.7 Å². The maximum absolute atomic E-state index is 14.5. The first-order valence-corrected chi connectivity index (χ1v) is 11.3. The quantitative estimate of drug-likeness (QED) is 0.130. The normalized spacial score (nSPS) is 18.6. The van der Waals surface area contributed by atoms with Gasteiger partial charge in [-0.25, -0.2) is 26.7 Å². The fourth-order valence-electron chi connectivity index (χ4n) is 4.23. The molecule has 7 heteroatoms. The lowest BCUT2D eigenvalue weighted by Crippen LogP contribution is -2.14. The molecule has 1 saturated carbocycles. The highest BCUT2D eigenvalue weighted by Crippen LogP contribution is 2.33. The van der Waals surface area contributed by atoms with Crippen LogP contribution in [-0.4, -0.2) is 5.97 Å². The van der Waals surface area contributed by atoms with Crippen LogP contribution in [0.5, 0.6) is 5.75 Å². The Labute approximate surface area is 190 Å². The Morgan fingerprint density at radius 1 is 0.909 bits per heavy atom. The number of allylic oxidation sites excluding steroid dienone is 1. The SMILES string of the molecule is CCCCCC1CCC(C=Cc2cc(F)c(C(=O)Oc3cc(F)c(F)c(F)c3)c(F)c2)CC1. The lowest BCUT2D eigenvalue weighted by atomic mass is 9.79. The van der Waals surface area contributed by atoms with Gasteiger partial charge in [0.05, 0.1) is 0 Å². The Morgan fingerprint density at radius 2 is 1.52 bits per heavy atom. The van der Waals surface area contributed by atoms with Crippen LogP contribution in [0.3, 0.4) is 0 Å². The molecule has 2 nitrogen and oxygen atoms in total. The monoisotopic (exact) mass is 466 g/mol. The molecule has 0 aliphatic heterocycles. The van der Waals surface area contributed by atoms with Crippen LogP contribution in [0.4, 0.5) is 22.0 Å². The summed E-state index contributed by atoms with van der Waals surface area (Å²) >= 11 is 0. The highest BCUT2D eigenvalue weighted by atomic mass is 19.2. The highest BCUT2D eigenvalue weighted by Gasteiger charge is 2.23. The van der Waals surface area contributed by atoms with Crippen LogP contribution in [-0.2, 0) is 0 Å². The second-order valence-corrected chi connectivity index (χ2v) is 8.59. The number of hydrogen-bond acceptors (Lipinski definition) is 2. The van der Waals surface area contributed by atoms with Gasteiger partial charge in [0.25, 0.3) is 0 Å². The summed E-state index contributed by atoms with van der Waals surface area (Å²) in [5.41, 5.74) is -0.740. The first kappa shape index (κ1) is 24.9. The molecule has 0 spiro atoms. The van der Waals surface area contributed by atoms with E-state index in [4.69, 9.17) is 0 Å². The summed E-state index contributed by atoms with van der Waals surface area (Å²) in [4.78, 5) is 12.1. The Bertz CT molecular complexity index is 964. The van der Waals surface area contributed by atoms with E-state index >= 15 is 0 Å². The highest BCUT2D eigenvalue weighted by molar-refractivity contribution is 5.92. The van der Waals surface area contributed by atoms with Crippen molar-refractivity contribution >= 4 is 12.0 Å². The van der Waals surface area contributed by atoms with Gasteiger partial charge in [0.2, 0.25) is 0 Å². The molecule has 0 aromatic heterocycles. The molecule has 178 valence electrons. The van der Waals surface area contributed by atoms with Crippen LogP contribution in [0.15, 0.2) is 30.3 Å². The first-order chi connectivity index (χ1) is 15.8. The zero-order valence-corrected chi connectivity index (χ0v) is 18.5. The molecular weight excluding hydrogens is 439 g/mol. The van der Waals surface area contributed by atoms with Crippen molar-refractivity contribution in [2.24, 2.45) is 11.8 Å². The fraction of sp³-hybridized carbons (Fsp3) is 0.423. The average molecular weight is 466 g/mol. The maximum Gasteiger partial charge on any atom is 0.349 e. The second kappa shape index (κ2) is 11.4. The number of carbonyl (C=O) groups excluding carboxylic acids is 1. The molecule has 0 heterocycles. The van der Waals surface area contributed by atoms with Crippen molar-refractivity contribution in [3.8, 4) is 5.75 Å². The minimum atomic E-state index is -1.74. The summed E-state index contributed by atoms with van der Waals surface area (Å²) in [6.45, 7) is 2.19. The van der Waals surface area contributed by atoms with E-state index in [1.54, 1.807) is 6.08 Å². The predicted molar refractivity (Wildman–Crippen MR) is 116 cm³/mol. The van der Waals surface area contributed by atoms with Crippen molar-refractivity contribution in [1.82, 2.24) is 0 Å². The van der Waals surface area contributed by atoms with Crippen LogP contribution in [0.25, 0.3) is 6.08 Å². The van der Waals surface area contributed by atoms with Gasteiger partial charge in [-0.1, -0.05) is 44.8 Å². The van der Waals surface area contributed by atoms with Crippen LogP contribution < -0.4 is 4.74 Å². The summed E-state index contributed by atoms with van der Waals surface area (Å²) < 4.78 is 73.1. The van der Waals surface area contributed by atoms with E-state index < -0.39 is 46.4 Å². The fourth-order valence-corrected chi connectivity index (χ4v) is 4.23. The molecule has 1 fully saturated rings. The van der Waals surface area contributed by atoms with E-state index in [0.29, 0.717) is 18.1 Å². The number of unbranched alkanes of at least 4 members (excludes halogenated alkanes) is 2. The van der Waals surface area contributed by atoms with Gasteiger partial charge < -0.3 is 4.74 Å². The topological polar surface area (TPSA) is 26.3 Å². The molecule has 0 atom stereocenters. The molecule has 0 N–H and O–H groups in total. The largest absolute Gasteiger partial charge is 0.423 e. The number of ether oxygens (including phenoxy) is 1. The van der Waals surface area contributed by atoms with Crippen molar-refractivity contribution in [1.29, 1.82) is 0 Å². The maximum atomic E-state index is 14.5. The number of benzene rings is 2. The zero-order valence-electron chi connectivity index (χ0n) is 18.5. The van der Waals surface area contributed by atoms with E-state index in [2.05, 4.69) is 11.7 Å². The van der Waals surface area contributed by atoms with Crippen LogP contribution >= 0.6 is 0 Å². The van der Waals surface area contributed by atoms with Crippen molar-refractivity contribution in [3.05, 3.63) is 70.6 Å². The van der Waals surface area contributed by atoms with E-state index in [1.165, 1.54) is 25.7 Å². The first-order valence-electron chi connectivity index (χ1n) is 11.3. The predicted octanol–water partition coefficient (Wildman–Crippen LogP) is 8.00. The third kappa shape index (κ3) is 6.65. The summed E-state index contributed by atoms with van der Waals surface area (Å²) in [5, 5.41) is 0. The van der Waals surface area contributed by atoms with Crippen molar-refractivity contribution in [3.63, 3.8) is 0 Å². The van der Waals surface area contributed by atoms with Gasteiger partial charge in [0.15, 0.2) is 17.5 Å². The summed E-state index contributed by atoms with van der Waals surface area (Å²) in [7, 11) is 0. The van der Waals surface area contributed by atoms with Gasteiger partial charge in [0, 0.05) is 12.1 Å². The third-order valence-electron chi connectivity index (χ3n) is 6.10. The van der Waals surface area contributed by atoms with Gasteiger partial charge in [-0.2, -0.15) is 0 Å². The molecule has 0 unspecified atom stereocenters. The van der Waals surface area contributed by atoms with Gasteiger partial charge in [-0.15, -0.1) is 0 Å². The molecule has 2 aromatic rings. The van der Waals surface area contributed by atoms with E-state index in [9.17, 15) is 26.7 Å². The Kier molecular flexibility index (Phi) is 8.64. The molecule has 3 rings (SSSR count). The molecule has 33 heavy (non-hydrogen) atoms. The van der Waals surface area contributed by atoms with Crippen LogP contribution in [0, 0.1) is 40.9 Å². The van der Waals surface area contributed by atoms with Crippen molar-refractivity contribution in [2.75, 3.05) is 0 Å². The van der Waals surface area contributed by atoms with Gasteiger partial charge >= 0.3 is 5.97 Å². The Hall–Kier alpha value is -2.70. The summed E-state index contributed by atoms with van der Waals surface area (Å²) in [5.74, 6) is -8.34. The summed E-state index contributed by atoms with van der Waals surface area (Å²) in [6, 6.07) is 2.83. The molecule has 0 saturated heterocycles. The number of rotatable bonds is 8. The Morgan fingerprint density at radius 3 is 2.09 bits per heavy atom. The molecule has 0 bridgehead atoms. The minimum Gasteiger partial charge on any atom is -0.423 e. The van der Waals surface area contributed by atoms with Gasteiger partial charge in [-0.3, -0.25) is 0 Å². The van der Waals surface area contributed by atoms with Gasteiger partial charge in [-0.05, 0) is 55.2 Å². The third-order valence-corrected chi connectivity index (χ3v) is 6.10. The van der Waals surface area contributed by atoms with Gasteiger partial charge in [0.1, 0.15) is 22.9 Å². The summed E-state index contributed by atoms with van der Waals surface area (Å²) in [6.07, 6.45) is 12.9.